The number of carbonyl (C=O) groups excluding carboxylic acids is 1. The van der Waals surface area contributed by atoms with Crippen molar-refractivity contribution in [3.8, 4) is 0 Å². The van der Waals surface area contributed by atoms with E-state index in [-0.39, 0.29) is 11.7 Å². The molecule has 1 aliphatic heterocycles. The second-order valence-electron chi connectivity index (χ2n) is 8.28. The quantitative estimate of drug-likeness (QED) is 0.567. The van der Waals surface area contributed by atoms with Crippen LogP contribution in [0.25, 0.3) is 10.8 Å². The maximum absolute atomic E-state index is 14.2. The van der Waals surface area contributed by atoms with Crippen LogP contribution in [0, 0.1) is 5.82 Å². The van der Waals surface area contributed by atoms with Crippen LogP contribution in [0.1, 0.15) is 24.2 Å². The number of likely N-dealkylation sites (N-methyl/N-ethyl adjacent to an activating group) is 1. The summed E-state index contributed by atoms with van der Waals surface area (Å²) in [5.41, 5.74) is 1.29. The lowest BCUT2D eigenvalue weighted by molar-refractivity contribution is 0.0949. The smallest absolute Gasteiger partial charge is 0.251 e. The lowest BCUT2D eigenvalue weighted by atomic mass is 10.1. The molecule has 1 saturated heterocycles. The first-order valence-corrected chi connectivity index (χ1v) is 11.7. The molecule has 1 amide bonds. The Morgan fingerprint density at radius 3 is 2.48 bits per heavy atom. The minimum absolute atomic E-state index is 0.0665. The summed E-state index contributed by atoms with van der Waals surface area (Å²) >= 11 is 0. The van der Waals surface area contributed by atoms with Gasteiger partial charge in [0.15, 0.2) is 0 Å². The molecular formula is C26H32FN5O. The number of nitrogens with zero attached hydrogens (tertiary/aromatic N) is 4. The predicted molar refractivity (Wildman–Crippen MR) is 133 cm³/mol. The van der Waals surface area contributed by atoms with Crippen molar-refractivity contribution in [3.05, 3.63) is 66.1 Å². The van der Waals surface area contributed by atoms with Gasteiger partial charge in [-0.15, -0.1) is 0 Å². The van der Waals surface area contributed by atoms with Gasteiger partial charge in [-0.2, -0.15) is 0 Å². The van der Waals surface area contributed by atoms with E-state index in [9.17, 15) is 9.18 Å². The number of carbonyl (C=O) groups is 1. The van der Waals surface area contributed by atoms with Gasteiger partial charge < -0.3 is 20.0 Å². The average molecular weight is 450 g/mol. The Balaban J connectivity index is 1.47. The standard InChI is InChI=1S/C26H32FN5O/c1-3-30(4-2)14-13-29-26(33)21-10-9-20-11-12-28-25(22(20)19-21)32-17-15-31(16-18-32)24-8-6-5-7-23(24)27/h5-12,19H,3-4,13-18H2,1-2H3,(H,29,33). The van der Waals surface area contributed by atoms with E-state index in [0.717, 1.165) is 49.3 Å². The van der Waals surface area contributed by atoms with Gasteiger partial charge in [0.2, 0.25) is 0 Å². The van der Waals surface area contributed by atoms with Crippen molar-refractivity contribution in [2.75, 3.05) is 62.2 Å². The maximum Gasteiger partial charge on any atom is 0.251 e. The summed E-state index contributed by atoms with van der Waals surface area (Å²) < 4.78 is 14.2. The molecule has 0 bridgehead atoms. The third kappa shape index (κ3) is 5.25. The largest absolute Gasteiger partial charge is 0.366 e. The Morgan fingerprint density at radius 1 is 1.03 bits per heavy atom. The van der Waals surface area contributed by atoms with Gasteiger partial charge in [-0.25, -0.2) is 9.37 Å². The van der Waals surface area contributed by atoms with E-state index < -0.39 is 0 Å². The summed E-state index contributed by atoms with van der Waals surface area (Å²) in [6.45, 7) is 10.6. The van der Waals surface area contributed by atoms with Crippen molar-refractivity contribution in [1.82, 2.24) is 15.2 Å². The van der Waals surface area contributed by atoms with Crippen LogP contribution in [-0.4, -0.2) is 68.1 Å². The molecule has 1 aromatic heterocycles. The number of nitrogens with one attached hydrogen (secondary N) is 1. The molecule has 3 aromatic rings. The van der Waals surface area contributed by atoms with Crippen LogP contribution in [-0.2, 0) is 0 Å². The van der Waals surface area contributed by atoms with Gasteiger partial charge in [0.05, 0.1) is 5.69 Å². The number of para-hydroxylation sites is 1. The summed E-state index contributed by atoms with van der Waals surface area (Å²) in [7, 11) is 0. The van der Waals surface area contributed by atoms with Crippen molar-refractivity contribution in [2.24, 2.45) is 0 Å². The Hall–Kier alpha value is -3.19. The van der Waals surface area contributed by atoms with Gasteiger partial charge >= 0.3 is 0 Å². The van der Waals surface area contributed by atoms with Gasteiger partial charge in [-0.05, 0) is 48.8 Å². The Morgan fingerprint density at radius 2 is 1.76 bits per heavy atom. The number of pyridine rings is 1. The summed E-state index contributed by atoms with van der Waals surface area (Å²) in [4.78, 5) is 24.0. The highest BCUT2D eigenvalue weighted by molar-refractivity contribution is 6.01. The average Bonchev–Trinajstić information content (AvgIpc) is 2.86. The molecule has 7 heteroatoms. The number of hydrogen-bond donors (Lipinski definition) is 1. The lowest BCUT2D eigenvalue weighted by Gasteiger charge is -2.37. The summed E-state index contributed by atoms with van der Waals surface area (Å²) in [5.74, 6) is 0.618. The summed E-state index contributed by atoms with van der Waals surface area (Å²) in [6.07, 6.45) is 1.81. The van der Waals surface area contributed by atoms with Crippen molar-refractivity contribution < 1.29 is 9.18 Å². The molecule has 6 nitrogen and oxygen atoms in total. The molecule has 2 aromatic carbocycles. The highest BCUT2D eigenvalue weighted by Gasteiger charge is 2.22. The van der Waals surface area contributed by atoms with Crippen molar-refractivity contribution in [1.29, 1.82) is 0 Å². The monoisotopic (exact) mass is 449 g/mol. The molecule has 1 aliphatic rings. The molecule has 33 heavy (non-hydrogen) atoms. The normalized spacial score (nSPS) is 14.2. The number of benzene rings is 2. The highest BCUT2D eigenvalue weighted by Crippen LogP contribution is 2.28. The number of aromatic nitrogens is 1. The fraction of sp³-hybridized carbons (Fsp3) is 0.385. The molecule has 2 heterocycles. The summed E-state index contributed by atoms with van der Waals surface area (Å²) in [6, 6.07) is 14.7. The first-order valence-electron chi connectivity index (χ1n) is 11.7. The number of amides is 1. The zero-order chi connectivity index (χ0) is 23.2. The van der Waals surface area contributed by atoms with Crippen LogP contribution in [0.15, 0.2) is 54.7 Å². The van der Waals surface area contributed by atoms with E-state index in [2.05, 4.69) is 38.8 Å². The van der Waals surface area contributed by atoms with E-state index in [1.807, 2.05) is 42.6 Å². The fourth-order valence-electron chi connectivity index (χ4n) is 4.38. The molecule has 0 radical (unpaired) electrons. The van der Waals surface area contributed by atoms with E-state index in [1.165, 1.54) is 6.07 Å². The second-order valence-corrected chi connectivity index (χ2v) is 8.28. The molecule has 0 atom stereocenters. The van der Waals surface area contributed by atoms with E-state index in [1.54, 1.807) is 6.07 Å². The van der Waals surface area contributed by atoms with Crippen LogP contribution < -0.4 is 15.1 Å². The summed E-state index contributed by atoms with van der Waals surface area (Å²) in [5, 5.41) is 5.05. The Labute approximate surface area is 195 Å². The molecule has 1 fully saturated rings. The number of rotatable bonds is 8. The Kier molecular flexibility index (Phi) is 7.40. The number of hydrogen-bond acceptors (Lipinski definition) is 5. The minimum atomic E-state index is -0.189. The van der Waals surface area contributed by atoms with Gasteiger partial charge in [0.1, 0.15) is 11.6 Å². The molecule has 0 spiro atoms. The Bertz CT molecular complexity index is 1090. The maximum atomic E-state index is 14.2. The van der Waals surface area contributed by atoms with Crippen molar-refractivity contribution >= 4 is 28.2 Å². The van der Waals surface area contributed by atoms with Gasteiger partial charge in [-0.3, -0.25) is 4.79 Å². The molecule has 1 N–H and O–H groups in total. The minimum Gasteiger partial charge on any atom is -0.366 e. The van der Waals surface area contributed by atoms with E-state index in [0.29, 0.717) is 30.9 Å². The van der Waals surface area contributed by atoms with Crippen LogP contribution in [0.2, 0.25) is 0 Å². The molecule has 0 unspecified atom stereocenters. The topological polar surface area (TPSA) is 51.7 Å². The SMILES string of the molecule is CCN(CC)CCNC(=O)c1ccc2ccnc(N3CCN(c4ccccc4F)CC3)c2c1. The van der Waals surface area contributed by atoms with Gasteiger partial charge in [0.25, 0.3) is 5.91 Å². The zero-order valence-corrected chi connectivity index (χ0v) is 19.4. The van der Waals surface area contributed by atoms with Crippen molar-refractivity contribution in [3.63, 3.8) is 0 Å². The predicted octanol–water partition coefficient (Wildman–Crippen LogP) is 3.77. The van der Waals surface area contributed by atoms with Gasteiger partial charge in [-0.1, -0.05) is 32.0 Å². The number of anilines is 2. The lowest BCUT2D eigenvalue weighted by Crippen LogP contribution is -2.47. The van der Waals surface area contributed by atoms with Crippen LogP contribution in [0.3, 0.4) is 0 Å². The molecule has 174 valence electrons. The highest BCUT2D eigenvalue weighted by atomic mass is 19.1. The molecule has 0 saturated carbocycles. The van der Waals surface area contributed by atoms with E-state index in [4.69, 9.17) is 0 Å². The van der Waals surface area contributed by atoms with Crippen LogP contribution in [0.4, 0.5) is 15.9 Å². The van der Waals surface area contributed by atoms with Crippen LogP contribution in [0.5, 0.6) is 0 Å². The van der Waals surface area contributed by atoms with Crippen molar-refractivity contribution in [2.45, 2.75) is 13.8 Å². The first-order chi connectivity index (χ1) is 16.1. The van der Waals surface area contributed by atoms with Crippen LogP contribution >= 0.6 is 0 Å². The first kappa shape index (κ1) is 23.0. The fourth-order valence-corrected chi connectivity index (χ4v) is 4.38. The molecular weight excluding hydrogens is 417 g/mol. The third-order valence-corrected chi connectivity index (χ3v) is 6.39. The molecule has 4 rings (SSSR count). The molecule has 0 aliphatic carbocycles. The third-order valence-electron chi connectivity index (χ3n) is 6.39. The number of fused-ring (bicyclic) bond motifs is 1. The zero-order valence-electron chi connectivity index (χ0n) is 19.4. The number of piperazine rings is 1. The van der Waals surface area contributed by atoms with E-state index >= 15 is 0 Å². The number of halogens is 1. The van der Waals surface area contributed by atoms with Gasteiger partial charge in [0, 0.05) is 56.4 Å². The second kappa shape index (κ2) is 10.6.